The third kappa shape index (κ3) is 3.10. The minimum Gasteiger partial charge on any atom is -0.491 e. The van der Waals surface area contributed by atoms with Crippen molar-refractivity contribution < 1.29 is 14.6 Å². The molecule has 1 amide bonds. The molecule has 25 heavy (non-hydrogen) atoms. The summed E-state index contributed by atoms with van der Waals surface area (Å²) in [7, 11) is 0. The van der Waals surface area contributed by atoms with Crippen LogP contribution in [-0.2, 0) is 4.79 Å². The molecule has 1 aliphatic heterocycles. The van der Waals surface area contributed by atoms with Crippen molar-refractivity contribution in [2.75, 3.05) is 23.0 Å². The number of thiocarbonyl (C=S) groups is 1. The summed E-state index contributed by atoms with van der Waals surface area (Å²) in [5.74, 6) is 0.594. The van der Waals surface area contributed by atoms with Crippen LogP contribution in [-0.4, -0.2) is 34.9 Å². The lowest BCUT2D eigenvalue weighted by Crippen LogP contribution is -2.44. The standard InChI is InChI=1S/C19H20N2O3S/c1-19(2)17(23)20(14-6-4-3-5-7-14)18(25)21(19)15-8-10-16(11-9-15)24-13-12-22/h3-11,22H,12-13H2,1-2H3. The van der Waals surface area contributed by atoms with Gasteiger partial charge in [-0.2, -0.15) is 0 Å². The van der Waals surface area contributed by atoms with E-state index in [4.69, 9.17) is 22.1 Å². The van der Waals surface area contributed by atoms with E-state index in [2.05, 4.69) is 0 Å². The van der Waals surface area contributed by atoms with Crippen molar-refractivity contribution in [2.45, 2.75) is 19.4 Å². The lowest BCUT2D eigenvalue weighted by atomic mass is 10.0. The molecule has 130 valence electrons. The van der Waals surface area contributed by atoms with Crippen LogP contribution in [0.15, 0.2) is 54.6 Å². The van der Waals surface area contributed by atoms with Crippen LogP contribution in [0.2, 0.25) is 0 Å². The number of aliphatic hydroxyl groups is 1. The Balaban J connectivity index is 1.93. The summed E-state index contributed by atoms with van der Waals surface area (Å²) in [5.41, 5.74) is 0.787. The molecular weight excluding hydrogens is 336 g/mol. The largest absolute Gasteiger partial charge is 0.491 e. The normalized spacial score (nSPS) is 16.4. The van der Waals surface area contributed by atoms with Gasteiger partial charge in [0.2, 0.25) is 0 Å². The van der Waals surface area contributed by atoms with Gasteiger partial charge < -0.3 is 14.7 Å². The SMILES string of the molecule is CC1(C)C(=O)N(c2ccccc2)C(=S)N1c1ccc(OCCO)cc1. The Morgan fingerprint density at radius 3 is 2.28 bits per heavy atom. The predicted octanol–water partition coefficient (Wildman–Crippen LogP) is 2.97. The molecule has 6 heteroatoms. The molecule has 0 saturated carbocycles. The maximum absolute atomic E-state index is 13.0. The molecule has 0 aliphatic carbocycles. The number of nitrogens with zero attached hydrogens (tertiary/aromatic N) is 2. The van der Waals surface area contributed by atoms with Crippen molar-refractivity contribution in [3.05, 3.63) is 54.6 Å². The van der Waals surface area contributed by atoms with Gasteiger partial charge in [0.1, 0.15) is 17.9 Å². The molecule has 5 nitrogen and oxygen atoms in total. The molecule has 2 aromatic rings. The number of carbonyl (C=O) groups excluding carboxylic acids is 1. The molecule has 3 rings (SSSR count). The number of hydrogen-bond donors (Lipinski definition) is 1. The van der Waals surface area contributed by atoms with Gasteiger partial charge in [-0.1, -0.05) is 18.2 Å². The quantitative estimate of drug-likeness (QED) is 0.835. The number of carbonyl (C=O) groups is 1. The Morgan fingerprint density at radius 2 is 1.68 bits per heavy atom. The van der Waals surface area contributed by atoms with Crippen LogP contribution in [0.5, 0.6) is 5.75 Å². The lowest BCUT2D eigenvalue weighted by molar-refractivity contribution is -0.120. The van der Waals surface area contributed by atoms with Crippen molar-refractivity contribution >= 4 is 34.6 Å². The van der Waals surface area contributed by atoms with Crippen LogP contribution in [0, 0.1) is 0 Å². The van der Waals surface area contributed by atoms with Gasteiger partial charge in [0, 0.05) is 5.69 Å². The molecule has 1 heterocycles. The van der Waals surface area contributed by atoms with Gasteiger partial charge in [0.15, 0.2) is 5.11 Å². The van der Waals surface area contributed by atoms with Crippen LogP contribution in [0.3, 0.4) is 0 Å². The fourth-order valence-corrected chi connectivity index (χ4v) is 3.41. The molecule has 0 spiro atoms. The van der Waals surface area contributed by atoms with Crippen LogP contribution in [0.1, 0.15) is 13.8 Å². The Kier molecular flexibility index (Phi) is 4.74. The second kappa shape index (κ2) is 6.82. The molecule has 0 atom stereocenters. The first-order valence-electron chi connectivity index (χ1n) is 8.04. The summed E-state index contributed by atoms with van der Waals surface area (Å²) < 4.78 is 5.38. The maximum Gasteiger partial charge on any atom is 0.259 e. The fourth-order valence-electron chi connectivity index (χ4n) is 2.89. The highest BCUT2D eigenvalue weighted by Crippen LogP contribution is 2.36. The van der Waals surface area contributed by atoms with E-state index in [1.165, 1.54) is 0 Å². The molecule has 0 aromatic heterocycles. The van der Waals surface area contributed by atoms with Crippen LogP contribution in [0.25, 0.3) is 0 Å². The summed E-state index contributed by atoms with van der Waals surface area (Å²) in [4.78, 5) is 16.4. The molecule has 0 bridgehead atoms. The van der Waals surface area contributed by atoms with Crippen molar-refractivity contribution in [2.24, 2.45) is 0 Å². The van der Waals surface area contributed by atoms with Crippen LogP contribution >= 0.6 is 12.2 Å². The third-order valence-electron chi connectivity index (χ3n) is 4.14. The van der Waals surface area contributed by atoms with E-state index in [-0.39, 0.29) is 19.1 Å². The zero-order valence-corrected chi connectivity index (χ0v) is 15.0. The van der Waals surface area contributed by atoms with Crippen molar-refractivity contribution in [1.82, 2.24) is 0 Å². The first-order chi connectivity index (χ1) is 12.0. The minimum atomic E-state index is -0.791. The Bertz CT molecular complexity index is 775. The number of aliphatic hydroxyl groups excluding tert-OH is 1. The summed E-state index contributed by atoms with van der Waals surface area (Å²) in [5, 5.41) is 9.28. The van der Waals surface area contributed by atoms with Crippen LogP contribution in [0.4, 0.5) is 11.4 Å². The Labute approximate surface area is 152 Å². The highest BCUT2D eigenvalue weighted by molar-refractivity contribution is 7.81. The first kappa shape index (κ1) is 17.4. The number of benzene rings is 2. The van der Waals surface area contributed by atoms with E-state index >= 15 is 0 Å². The zero-order chi connectivity index (χ0) is 18.0. The maximum atomic E-state index is 13.0. The third-order valence-corrected chi connectivity index (χ3v) is 4.50. The molecule has 1 N–H and O–H groups in total. The van der Waals surface area contributed by atoms with E-state index in [9.17, 15) is 4.79 Å². The summed E-state index contributed by atoms with van der Waals surface area (Å²) in [6.07, 6.45) is 0. The van der Waals surface area contributed by atoms with Crippen LogP contribution < -0.4 is 14.5 Å². The number of hydrogen-bond acceptors (Lipinski definition) is 4. The van der Waals surface area contributed by atoms with E-state index in [1.54, 1.807) is 17.0 Å². The van der Waals surface area contributed by atoms with Gasteiger partial charge >= 0.3 is 0 Å². The smallest absolute Gasteiger partial charge is 0.259 e. The van der Waals surface area contributed by atoms with Crippen molar-refractivity contribution in [1.29, 1.82) is 0 Å². The molecular formula is C19H20N2O3S. The lowest BCUT2D eigenvalue weighted by Gasteiger charge is -2.29. The number of para-hydroxylation sites is 1. The highest BCUT2D eigenvalue weighted by Gasteiger charge is 2.50. The predicted molar refractivity (Wildman–Crippen MR) is 102 cm³/mol. The van der Waals surface area contributed by atoms with E-state index in [1.807, 2.05) is 61.2 Å². The first-order valence-corrected chi connectivity index (χ1v) is 8.45. The van der Waals surface area contributed by atoms with Gasteiger partial charge in [0.05, 0.1) is 12.3 Å². The second-order valence-electron chi connectivity index (χ2n) is 6.22. The number of amides is 1. The molecule has 1 aliphatic rings. The average molecular weight is 356 g/mol. The number of ether oxygens (including phenoxy) is 1. The summed E-state index contributed by atoms with van der Waals surface area (Å²) in [6, 6.07) is 16.7. The van der Waals surface area contributed by atoms with E-state index < -0.39 is 5.54 Å². The topological polar surface area (TPSA) is 53.0 Å². The monoisotopic (exact) mass is 356 g/mol. The molecule has 0 radical (unpaired) electrons. The Hall–Kier alpha value is -2.44. The highest BCUT2D eigenvalue weighted by atomic mass is 32.1. The second-order valence-corrected chi connectivity index (χ2v) is 6.58. The average Bonchev–Trinajstić information content (AvgIpc) is 2.79. The minimum absolute atomic E-state index is 0.0362. The van der Waals surface area contributed by atoms with Crippen molar-refractivity contribution in [3.8, 4) is 5.75 Å². The van der Waals surface area contributed by atoms with Gasteiger partial charge in [-0.05, 0) is 62.5 Å². The fraction of sp³-hybridized carbons (Fsp3) is 0.263. The number of anilines is 2. The van der Waals surface area contributed by atoms with E-state index in [0.29, 0.717) is 10.9 Å². The zero-order valence-electron chi connectivity index (χ0n) is 14.2. The summed E-state index contributed by atoms with van der Waals surface area (Å²) in [6.45, 7) is 3.93. The van der Waals surface area contributed by atoms with Crippen molar-refractivity contribution in [3.63, 3.8) is 0 Å². The molecule has 1 fully saturated rings. The molecule has 0 unspecified atom stereocenters. The van der Waals surface area contributed by atoms with Gasteiger partial charge in [-0.3, -0.25) is 9.69 Å². The van der Waals surface area contributed by atoms with Gasteiger partial charge in [0.25, 0.3) is 5.91 Å². The Morgan fingerprint density at radius 1 is 1.04 bits per heavy atom. The van der Waals surface area contributed by atoms with Gasteiger partial charge in [-0.15, -0.1) is 0 Å². The molecule has 1 saturated heterocycles. The molecule has 2 aromatic carbocycles. The summed E-state index contributed by atoms with van der Waals surface area (Å²) >= 11 is 5.62. The van der Waals surface area contributed by atoms with Gasteiger partial charge in [-0.25, -0.2) is 0 Å². The number of rotatable bonds is 5. The van der Waals surface area contributed by atoms with E-state index in [0.717, 1.165) is 11.4 Å².